The van der Waals surface area contributed by atoms with Crippen LogP contribution in [0.5, 0.6) is 0 Å². The first-order chi connectivity index (χ1) is 8.45. The zero-order valence-electron chi connectivity index (χ0n) is 9.67. The molecule has 0 bridgehead atoms. The van der Waals surface area contributed by atoms with E-state index in [1.807, 2.05) is 0 Å². The summed E-state index contributed by atoms with van der Waals surface area (Å²) in [6.45, 7) is 0.391. The maximum Gasteiger partial charge on any atom is 0.311 e. The van der Waals surface area contributed by atoms with E-state index in [-0.39, 0.29) is 29.9 Å². The van der Waals surface area contributed by atoms with Gasteiger partial charge in [0.15, 0.2) is 0 Å². The van der Waals surface area contributed by atoms with Gasteiger partial charge < -0.3 is 4.74 Å². The highest BCUT2D eigenvalue weighted by Gasteiger charge is 2.40. The van der Waals surface area contributed by atoms with Crippen molar-refractivity contribution in [2.24, 2.45) is 5.92 Å². The zero-order valence-corrected chi connectivity index (χ0v) is 12.6. The van der Waals surface area contributed by atoms with Gasteiger partial charge in [-0.05, 0) is 46.9 Å². The van der Waals surface area contributed by atoms with Crippen molar-refractivity contribution in [3.63, 3.8) is 0 Å². The third kappa shape index (κ3) is 2.52. The molecule has 5 nitrogen and oxygen atoms in total. The Bertz CT molecular complexity index is 549. The summed E-state index contributed by atoms with van der Waals surface area (Å²) in [6, 6.07) is 6.63. The van der Waals surface area contributed by atoms with Gasteiger partial charge in [-0.15, -0.1) is 0 Å². The molecule has 0 atom stereocenters. The maximum atomic E-state index is 12.2. The van der Waals surface area contributed by atoms with Crippen LogP contribution in [-0.4, -0.2) is 38.9 Å². The minimum Gasteiger partial charge on any atom is -0.469 e. The number of nitrogens with zero attached hydrogens (tertiary/aromatic N) is 1. The van der Waals surface area contributed by atoms with E-state index in [1.54, 1.807) is 24.3 Å². The summed E-state index contributed by atoms with van der Waals surface area (Å²) in [5.74, 6) is -0.697. The summed E-state index contributed by atoms with van der Waals surface area (Å²) in [7, 11) is -2.17. The van der Waals surface area contributed by atoms with E-state index in [1.165, 1.54) is 11.4 Å². The van der Waals surface area contributed by atoms with Gasteiger partial charge in [0.1, 0.15) is 0 Å². The molecule has 0 amide bonds. The number of rotatable bonds is 3. The average molecular weight is 381 g/mol. The fourth-order valence-corrected chi connectivity index (χ4v) is 3.60. The van der Waals surface area contributed by atoms with Crippen LogP contribution in [0, 0.1) is 9.49 Å². The monoisotopic (exact) mass is 381 g/mol. The Morgan fingerprint density at radius 1 is 1.33 bits per heavy atom. The van der Waals surface area contributed by atoms with Gasteiger partial charge in [0.2, 0.25) is 10.0 Å². The van der Waals surface area contributed by atoms with Crippen molar-refractivity contribution >= 4 is 38.6 Å². The molecule has 18 heavy (non-hydrogen) atoms. The predicted molar refractivity (Wildman–Crippen MR) is 73.4 cm³/mol. The third-order valence-corrected chi connectivity index (χ3v) is 5.40. The number of esters is 1. The molecule has 0 spiro atoms. The second-order valence-corrected chi connectivity index (χ2v) is 7.18. The Morgan fingerprint density at radius 2 is 1.89 bits per heavy atom. The molecule has 0 aliphatic carbocycles. The van der Waals surface area contributed by atoms with Crippen molar-refractivity contribution in [1.29, 1.82) is 0 Å². The van der Waals surface area contributed by atoms with Crippen LogP contribution in [-0.2, 0) is 19.6 Å². The molecule has 98 valence electrons. The van der Waals surface area contributed by atoms with Crippen LogP contribution in [0.15, 0.2) is 29.2 Å². The van der Waals surface area contributed by atoms with Crippen LogP contribution in [0.1, 0.15) is 0 Å². The highest BCUT2D eigenvalue weighted by molar-refractivity contribution is 14.1. The Balaban J connectivity index is 2.10. The Labute approximate surface area is 119 Å². The lowest BCUT2D eigenvalue weighted by molar-refractivity contribution is -0.149. The Kier molecular flexibility index (Phi) is 3.93. The lowest BCUT2D eigenvalue weighted by atomic mass is 10.0. The number of carbonyl (C=O) groups excluding carboxylic acids is 1. The number of halogens is 1. The summed E-state index contributed by atoms with van der Waals surface area (Å²) in [5.41, 5.74) is 0. The zero-order chi connectivity index (χ0) is 13.3. The van der Waals surface area contributed by atoms with Crippen molar-refractivity contribution in [1.82, 2.24) is 4.31 Å². The minimum atomic E-state index is -3.47. The van der Waals surface area contributed by atoms with Crippen molar-refractivity contribution in [3.05, 3.63) is 27.8 Å². The van der Waals surface area contributed by atoms with E-state index in [0.29, 0.717) is 0 Å². The second kappa shape index (κ2) is 5.14. The molecule has 7 heteroatoms. The summed E-state index contributed by atoms with van der Waals surface area (Å²) in [4.78, 5) is 11.5. The molecule has 0 N–H and O–H groups in total. The fraction of sp³-hybridized carbons (Fsp3) is 0.364. The molecular formula is C11H12INO4S. The second-order valence-electron chi connectivity index (χ2n) is 4.00. The first-order valence-electron chi connectivity index (χ1n) is 5.28. The van der Waals surface area contributed by atoms with Crippen molar-refractivity contribution in [2.75, 3.05) is 20.2 Å². The number of sulfonamides is 1. The van der Waals surface area contributed by atoms with E-state index in [4.69, 9.17) is 0 Å². The summed E-state index contributed by atoms with van der Waals surface area (Å²) in [6.07, 6.45) is 0. The lowest BCUT2D eigenvalue weighted by Gasteiger charge is -2.36. The van der Waals surface area contributed by atoms with Crippen molar-refractivity contribution in [3.8, 4) is 0 Å². The predicted octanol–water partition coefficient (Wildman–Crippen LogP) is 1.08. The molecule has 1 fully saturated rings. The molecular weight excluding hydrogens is 369 g/mol. The van der Waals surface area contributed by atoms with Gasteiger partial charge in [-0.3, -0.25) is 4.79 Å². The molecule has 1 aliphatic rings. The van der Waals surface area contributed by atoms with E-state index >= 15 is 0 Å². The standard InChI is InChI=1S/C11H12INO4S/c1-17-11(14)8-6-13(7-8)18(15,16)10-4-2-9(12)3-5-10/h2-5,8H,6-7H2,1H3. The van der Waals surface area contributed by atoms with E-state index in [9.17, 15) is 13.2 Å². The van der Waals surface area contributed by atoms with Gasteiger partial charge in [0.05, 0.1) is 17.9 Å². The Hall–Kier alpha value is -0.670. The maximum absolute atomic E-state index is 12.2. The first kappa shape index (κ1) is 13.8. The molecule has 0 saturated carbocycles. The molecule has 1 aromatic rings. The highest BCUT2D eigenvalue weighted by Crippen LogP contribution is 2.26. The molecule has 1 aliphatic heterocycles. The average Bonchev–Trinajstić information content (AvgIpc) is 2.27. The van der Waals surface area contributed by atoms with Gasteiger partial charge in [0.25, 0.3) is 0 Å². The highest BCUT2D eigenvalue weighted by atomic mass is 127. The SMILES string of the molecule is COC(=O)C1CN(S(=O)(=O)c2ccc(I)cc2)C1. The normalized spacial score (nSPS) is 17.2. The Morgan fingerprint density at radius 3 is 2.39 bits per heavy atom. The molecule has 1 heterocycles. The van der Waals surface area contributed by atoms with Gasteiger partial charge in [-0.25, -0.2) is 8.42 Å². The number of methoxy groups -OCH3 is 1. The summed E-state index contributed by atoms with van der Waals surface area (Å²) in [5, 5.41) is 0. The largest absolute Gasteiger partial charge is 0.469 e. The number of benzene rings is 1. The number of carbonyl (C=O) groups is 1. The van der Waals surface area contributed by atoms with Crippen LogP contribution in [0.2, 0.25) is 0 Å². The van der Waals surface area contributed by atoms with Crippen LogP contribution >= 0.6 is 22.6 Å². The fourth-order valence-electron chi connectivity index (χ4n) is 1.71. The van der Waals surface area contributed by atoms with Crippen LogP contribution in [0.25, 0.3) is 0 Å². The third-order valence-electron chi connectivity index (χ3n) is 2.83. The van der Waals surface area contributed by atoms with E-state index in [0.717, 1.165) is 3.57 Å². The van der Waals surface area contributed by atoms with Crippen LogP contribution < -0.4 is 0 Å². The van der Waals surface area contributed by atoms with Crippen LogP contribution in [0.4, 0.5) is 0 Å². The van der Waals surface area contributed by atoms with Gasteiger partial charge >= 0.3 is 5.97 Å². The summed E-state index contributed by atoms with van der Waals surface area (Å²) >= 11 is 2.11. The van der Waals surface area contributed by atoms with E-state index in [2.05, 4.69) is 27.3 Å². The quantitative estimate of drug-likeness (QED) is 0.581. The van der Waals surface area contributed by atoms with Gasteiger partial charge in [0, 0.05) is 16.7 Å². The molecule has 0 aromatic heterocycles. The molecule has 1 saturated heterocycles. The molecule has 0 unspecified atom stereocenters. The minimum absolute atomic E-state index is 0.195. The first-order valence-corrected chi connectivity index (χ1v) is 7.80. The van der Waals surface area contributed by atoms with Gasteiger partial charge in [-0.2, -0.15) is 4.31 Å². The lowest BCUT2D eigenvalue weighted by Crippen LogP contribution is -2.53. The van der Waals surface area contributed by atoms with E-state index < -0.39 is 10.0 Å². The number of hydrogen-bond acceptors (Lipinski definition) is 4. The molecule has 2 rings (SSSR count). The van der Waals surface area contributed by atoms with Gasteiger partial charge in [-0.1, -0.05) is 0 Å². The number of hydrogen-bond donors (Lipinski definition) is 0. The van der Waals surface area contributed by atoms with Crippen molar-refractivity contribution in [2.45, 2.75) is 4.90 Å². The topological polar surface area (TPSA) is 63.7 Å². The number of ether oxygens (including phenoxy) is 1. The molecule has 0 radical (unpaired) electrons. The summed E-state index contributed by atoms with van der Waals surface area (Å²) < 4.78 is 31.1. The van der Waals surface area contributed by atoms with Crippen LogP contribution in [0.3, 0.4) is 0 Å². The van der Waals surface area contributed by atoms with Crippen molar-refractivity contribution < 1.29 is 17.9 Å². The molecule has 1 aromatic carbocycles. The smallest absolute Gasteiger partial charge is 0.311 e.